The Balaban J connectivity index is 1.57. The number of carbonyl (C=O) groups is 2. The van der Waals surface area contributed by atoms with Crippen molar-refractivity contribution in [3.63, 3.8) is 0 Å². The maximum absolute atomic E-state index is 13.7. The highest BCUT2D eigenvalue weighted by atomic mass is 32.2. The molecule has 0 aromatic heterocycles. The van der Waals surface area contributed by atoms with Crippen molar-refractivity contribution in [1.82, 2.24) is 9.62 Å². The fourth-order valence-electron chi connectivity index (χ4n) is 5.08. The molecular weight excluding hydrogens is 627 g/mol. The quantitative estimate of drug-likeness (QED) is 0.277. The SMILES string of the molecule is COc1ccc(S(=O)(=O)N(CC(C)C)C[C@@H](O)[C@H](Cc2ccccc2)NC(=O)[C@@H]2CN(c3ccccc3C(F)(F)F)C(=O)O2)cc1. The molecule has 1 aliphatic heterocycles. The Morgan fingerprint density at radius 3 is 2.28 bits per heavy atom. The second kappa shape index (κ2) is 14.5. The van der Waals surface area contributed by atoms with Crippen LogP contribution in [-0.4, -0.2) is 74.8 Å². The third kappa shape index (κ3) is 8.36. The molecule has 0 unspecified atom stereocenters. The second-order valence-corrected chi connectivity index (χ2v) is 13.2. The zero-order valence-corrected chi connectivity index (χ0v) is 26.3. The maximum atomic E-state index is 13.7. The fraction of sp³-hybridized carbons (Fsp3) is 0.375. The Kier molecular flexibility index (Phi) is 11.0. The molecule has 1 aliphatic rings. The molecule has 0 aliphatic carbocycles. The second-order valence-electron chi connectivity index (χ2n) is 11.3. The summed E-state index contributed by atoms with van der Waals surface area (Å²) in [6.07, 6.45) is -8.74. The summed E-state index contributed by atoms with van der Waals surface area (Å²) >= 11 is 0. The van der Waals surface area contributed by atoms with Crippen LogP contribution in [0.4, 0.5) is 23.7 Å². The Morgan fingerprint density at radius 2 is 1.67 bits per heavy atom. The molecule has 0 spiro atoms. The highest BCUT2D eigenvalue weighted by molar-refractivity contribution is 7.89. The van der Waals surface area contributed by atoms with E-state index in [1.807, 2.05) is 13.8 Å². The summed E-state index contributed by atoms with van der Waals surface area (Å²) < 4.78 is 79.6. The number of amides is 2. The summed E-state index contributed by atoms with van der Waals surface area (Å²) in [6, 6.07) is 18.0. The number of nitrogens with one attached hydrogen (secondary N) is 1. The number of aliphatic hydroxyl groups excluding tert-OH is 1. The smallest absolute Gasteiger partial charge is 0.418 e. The number of nitrogens with zero attached hydrogens (tertiary/aromatic N) is 2. The van der Waals surface area contributed by atoms with E-state index < -0.39 is 64.2 Å². The van der Waals surface area contributed by atoms with E-state index in [0.717, 1.165) is 21.3 Å². The summed E-state index contributed by atoms with van der Waals surface area (Å²) in [5.74, 6) is -0.507. The van der Waals surface area contributed by atoms with Gasteiger partial charge in [-0.2, -0.15) is 17.5 Å². The fourth-order valence-corrected chi connectivity index (χ4v) is 6.70. The molecule has 0 radical (unpaired) electrons. The van der Waals surface area contributed by atoms with Gasteiger partial charge in [0.25, 0.3) is 5.91 Å². The van der Waals surface area contributed by atoms with Crippen molar-refractivity contribution in [3.05, 3.63) is 90.0 Å². The van der Waals surface area contributed by atoms with E-state index in [9.17, 15) is 36.3 Å². The number of benzene rings is 3. The average Bonchev–Trinajstić information content (AvgIpc) is 3.41. The van der Waals surface area contributed by atoms with Crippen LogP contribution in [0.5, 0.6) is 5.75 Å². The monoisotopic (exact) mass is 663 g/mol. The first-order valence-corrected chi connectivity index (χ1v) is 16.0. The van der Waals surface area contributed by atoms with Crippen LogP contribution in [0.1, 0.15) is 25.0 Å². The molecule has 248 valence electrons. The topological polar surface area (TPSA) is 125 Å². The summed E-state index contributed by atoms with van der Waals surface area (Å²) in [4.78, 5) is 26.8. The van der Waals surface area contributed by atoms with Crippen molar-refractivity contribution in [2.24, 2.45) is 5.92 Å². The largest absolute Gasteiger partial charge is 0.497 e. The van der Waals surface area contributed by atoms with Gasteiger partial charge in [-0.3, -0.25) is 9.69 Å². The number of methoxy groups -OCH3 is 1. The lowest BCUT2D eigenvalue weighted by molar-refractivity contribution is -0.137. The molecule has 1 fully saturated rings. The van der Waals surface area contributed by atoms with Crippen LogP contribution in [0, 0.1) is 5.92 Å². The van der Waals surface area contributed by atoms with Gasteiger partial charge in [0.05, 0.1) is 41.9 Å². The zero-order valence-electron chi connectivity index (χ0n) is 25.5. The van der Waals surface area contributed by atoms with Crippen molar-refractivity contribution >= 4 is 27.7 Å². The van der Waals surface area contributed by atoms with Gasteiger partial charge in [0, 0.05) is 13.1 Å². The summed E-state index contributed by atoms with van der Waals surface area (Å²) in [5, 5.41) is 14.1. The average molecular weight is 664 g/mol. The molecule has 3 aromatic rings. The first-order chi connectivity index (χ1) is 21.7. The normalized spacial score (nSPS) is 16.8. The molecule has 0 bridgehead atoms. The van der Waals surface area contributed by atoms with Gasteiger partial charge in [0.15, 0.2) is 6.10 Å². The number of hydrogen-bond donors (Lipinski definition) is 2. The lowest BCUT2D eigenvalue weighted by atomic mass is 10.0. The van der Waals surface area contributed by atoms with Crippen LogP contribution in [0.3, 0.4) is 0 Å². The number of sulfonamides is 1. The molecule has 1 heterocycles. The molecule has 0 saturated carbocycles. The van der Waals surface area contributed by atoms with E-state index >= 15 is 0 Å². The van der Waals surface area contributed by atoms with Crippen LogP contribution in [0.15, 0.2) is 83.8 Å². The number of para-hydroxylation sites is 1. The number of halogens is 3. The lowest BCUT2D eigenvalue weighted by Crippen LogP contribution is -2.53. The van der Waals surface area contributed by atoms with Crippen molar-refractivity contribution in [2.75, 3.05) is 31.6 Å². The number of aliphatic hydroxyl groups is 1. The first-order valence-electron chi connectivity index (χ1n) is 14.5. The van der Waals surface area contributed by atoms with E-state index in [2.05, 4.69) is 5.32 Å². The standard InChI is InChI=1S/C32H36F3N3O7S/c1-21(2)18-37(46(42,43)24-15-13-23(44-3)14-16-24)19-28(39)26(17-22-9-5-4-6-10-22)36-30(40)29-20-38(31(41)45-29)27-12-8-7-11-25(27)32(33,34)35/h4-16,21,26,28-29,39H,17-20H2,1-3H3,(H,36,40)/t26-,28+,29-/m0/s1. The zero-order chi connectivity index (χ0) is 33.6. The predicted octanol–water partition coefficient (Wildman–Crippen LogP) is 4.47. The minimum atomic E-state index is -4.75. The summed E-state index contributed by atoms with van der Waals surface area (Å²) in [7, 11) is -2.63. The van der Waals surface area contributed by atoms with Crippen LogP contribution in [0.2, 0.25) is 0 Å². The molecule has 46 heavy (non-hydrogen) atoms. The van der Waals surface area contributed by atoms with Crippen molar-refractivity contribution in [1.29, 1.82) is 0 Å². The minimum absolute atomic E-state index is 0.0121. The van der Waals surface area contributed by atoms with Gasteiger partial charge in [0.2, 0.25) is 10.0 Å². The van der Waals surface area contributed by atoms with Crippen molar-refractivity contribution in [3.8, 4) is 5.75 Å². The van der Waals surface area contributed by atoms with Crippen molar-refractivity contribution in [2.45, 2.75) is 49.6 Å². The number of anilines is 1. The van der Waals surface area contributed by atoms with E-state index in [-0.39, 0.29) is 30.3 Å². The van der Waals surface area contributed by atoms with Gasteiger partial charge >= 0.3 is 12.3 Å². The highest BCUT2D eigenvalue weighted by Gasteiger charge is 2.43. The number of rotatable bonds is 13. The van der Waals surface area contributed by atoms with Gasteiger partial charge in [-0.25, -0.2) is 13.2 Å². The Hall–Kier alpha value is -4.14. The summed E-state index contributed by atoms with van der Waals surface area (Å²) in [5.41, 5.74) is -0.803. The Labute approximate surface area is 265 Å². The van der Waals surface area contributed by atoms with Crippen LogP contribution in [-0.2, 0) is 32.2 Å². The van der Waals surface area contributed by atoms with E-state index in [4.69, 9.17) is 9.47 Å². The third-order valence-electron chi connectivity index (χ3n) is 7.35. The van der Waals surface area contributed by atoms with E-state index in [1.165, 1.54) is 43.5 Å². The highest BCUT2D eigenvalue weighted by Crippen LogP contribution is 2.38. The number of alkyl halides is 3. The van der Waals surface area contributed by atoms with Crippen molar-refractivity contribution < 1.29 is 45.8 Å². The van der Waals surface area contributed by atoms with Crippen LogP contribution >= 0.6 is 0 Å². The molecule has 2 N–H and O–H groups in total. The number of ether oxygens (including phenoxy) is 2. The molecule has 10 nitrogen and oxygen atoms in total. The van der Waals surface area contributed by atoms with Gasteiger partial charge in [-0.05, 0) is 54.3 Å². The molecule has 3 atom stereocenters. The minimum Gasteiger partial charge on any atom is -0.497 e. The van der Waals surface area contributed by atoms with Gasteiger partial charge in [0.1, 0.15) is 5.75 Å². The molecule has 1 saturated heterocycles. The number of cyclic esters (lactones) is 1. The van der Waals surface area contributed by atoms with Crippen LogP contribution < -0.4 is 15.0 Å². The maximum Gasteiger partial charge on any atom is 0.418 e. The lowest BCUT2D eigenvalue weighted by Gasteiger charge is -2.31. The van der Waals surface area contributed by atoms with Gasteiger partial charge < -0.3 is 19.9 Å². The molecule has 14 heteroatoms. The predicted molar refractivity (Wildman–Crippen MR) is 164 cm³/mol. The van der Waals surface area contributed by atoms with Gasteiger partial charge in [-0.1, -0.05) is 56.3 Å². The third-order valence-corrected chi connectivity index (χ3v) is 9.20. The summed E-state index contributed by atoms with van der Waals surface area (Å²) in [6.45, 7) is 2.81. The first kappa shape index (κ1) is 34.7. The molecule has 2 amide bonds. The number of hydrogen-bond acceptors (Lipinski definition) is 7. The Morgan fingerprint density at radius 1 is 1.04 bits per heavy atom. The molecule has 3 aromatic carbocycles. The molecular formula is C32H36F3N3O7S. The Bertz CT molecular complexity index is 1600. The molecule has 4 rings (SSSR count). The van der Waals surface area contributed by atoms with E-state index in [1.54, 1.807) is 30.3 Å². The van der Waals surface area contributed by atoms with Gasteiger partial charge in [-0.15, -0.1) is 0 Å². The number of carbonyl (C=O) groups excluding carboxylic acids is 2. The van der Waals surface area contributed by atoms with E-state index in [0.29, 0.717) is 11.3 Å². The van der Waals surface area contributed by atoms with Crippen LogP contribution in [0.25, 0.3) is 0 Å².